The molecule has 16 aromatic rings. The summed E-state index contributed by atoms with van der Waals surface area (Å²) < 4.78 is 57.2. The molecule has 132 heavy (non-hydrogen) atoms. The number of amides is 4. The standard InChI is InChI=1S/C22H24N7O6PS.C22H23N7O2S.C18H18N8O3S.C17H16N8O3S.2CH4.2K.2H/c1-2-34-16-7-15(8-16)29-11-18(20(27-29)17-5-3-4-6-23-17)25-21(30)19-12-37-22(26-19)14-9-24-28(10-14)13-35-36(31,32)33;1-13(2)31-16-7-15(8-16)29-11-18(20(28-29)17-5-3-4-6-23-17)26-21(30)19-12-32-22(27-19)14-9-24-25-10-14;1-2-28-12-3-11(4-12)26-7-13(15(25-26)17-24-21-9-29-17)22-16(27)14-8-30-18(23-14)10-5-19-20-6-10;26-15(13-8-29-17(22-13)10-5-18-19-6-10)21-12-7-25(11-1-3-27-4-2-11)24-14(12)16-23-20-9-28-16;;;;;;/h3-6,9-12,15-16H,2,7-8,13H2,1H3,(H,25,30)(H2,31,32,33);3-6,9-13,15-16H,7-8H2,1-2H3,(H,24,25)(H,26,30);5-9,11-12H,2-4H2,1H3,(H,19,20)(H,22,27);5-9,11H,1-4H2,(H,18,19)(H,21,26);2*1H4;;;;/q;;;;;;2*+1;2*-1. The maximum absolute atomic E-state index is 13.1. The average molecular weight is 1950 g/mol. The number of nitrogens with zero attached hydrogens (tertiary/aromatic N) is 23. The molecule has 17 heterocycles. The van der Waals surface area contributed by atoms with Gasteiger partial charge in [0.2, 0.25) is 12.8 Å². The monoisotopic (exact) mass is 1940 g/mol. The molecule has 9 N–H and O–H groups in total. The number of anilines is 4. The molecule has 1 saturated heterocycles. The number of H-pyrrole nitrogens is 3. The molecular formula is C81H91K2N30O14PS4. The SMILES string of the molecule is C.C.CC(C)OC1CC(n2cc(NC(=O)c3csc(-c4cn[nH]c4)n3)c(-c3ccccn3)n2)C1.CCOC1CC(n2cc(NC(=O)c3csc(-c4cn[nH]c4)n3)c(-c3nnco3)n2)C1.CCOC1CC(n2cc(NC(=O)c3csc(-c4cnn(COP(=O)(O)O)c4)n3)c(-c3ccccn3)n2)C1.O=C(Nc1cn(C2CCOCC2)nc1-c1nnco1)c1csc(-c2cn[nH]c2)n1.[H-].[H-].[K+].[K+]. The summed E-state index contributed by atoms with van der Waals surface area (Å²) in [5.41, 5.74) is 9.75. The van der Waals surface area contributed by atoms with Crippen molar-refractivity contribution >= 4 is 99.5 Å². The minimum atomic E-state index is -4.62. The largest absolute Gasteiger partial charge is 1.00 e. The number of aromatic amines is 3. The number of phosphoric ester groups is 1. The van der Waals surface area contributed by atoms with Crippen LogP contribution in [0.2, 0.25) is 0 Å². The van der Waals surface area contributed by atoms with E-state index in [9.17, 15) is 23.7 Å². The van der Waals surface area contributed by atoms with Crippen LogP contribution in [-0.4, -0.2) is 214 Å². The molecule has 3 saturated carbocycles. The normalized spacial score (nSPS) is 16.7. The van der Waals surface area contributed by atoms with Crippen LogP contribution in [0.3, 0.4) is 0 Å². The fraction of sp³-hybridized carbons (Fsp3) is 0.333. The smallest absolute Gasteiger partial charge is 1.00 e. The summed E-state index contributed by atoms with van der Waals surface area (Å²) >= 11 is 5.37. The van der Waals surface area contributed by atoms with Crippen molar-refractivity contribution < 1.29 is 171 Å². The van der Waals surface area contributed by atoms with Crippen molar-refractivity contribution in [2.24, 2.45) is 0 Å². The van der Waals surface area contributed by atoms with Crippen LogP contribution in [-0.2, 0) is 34.8 Å². The zero-order valence-corrected chi connectivity index (χ0v) is 80.9. The van der Waals surface area contributed by atoms with E-state index in [1.54, 1.807) is 83.5 Å². The van der Waals surface area contributed by atoms with E-state index >= 15 is 0 Å². The number of phosphoric acid groups is 1. The van der Waals surface area contributed by atoms with E-state index < -0.39 is 20.5 Å². The van der Waals surface area contributed by atoms with Gasteiger partial charge in [0.1, 0.15) is 54.2 Å². The second-order valence-corrected chi connectivity index (χ2v) is 34.2. The molecule has 20 rings (SSSR count). The maximum atomic E-state index is 13.1. The molecule has 4 aliphatic rings. The van der Waals surface area contributed by atoms with Gasteiger partial charge in [-0.3, -0.25) is 67.7 Å². The van der Waals surface area contributed by atoms with Gasteiger partial charge in [0.05, 0.1) is 108 Å². The number of nitrogens with one attached hydrogen (secondary N) is 7. The predicted octanol–water partition coefficient (Wildman–Crippen LogP) is 8.16. The molecule has 0 spiro atoms. The number of aromatic nitrogens is 26. The molecule has 51 heteroatoms. The summed E-state index contributed by atoms with van der Waals surface area (Å²) in [6.07, 6.45) is 34.2. The van der Waals surface area contributed by atoms with E-state index in [-0.39, 0.29) is 204 Å². The third-order valence-electron chi connectivity index (χ3n) is 20.4. The Labute approximate surface area is 856 Å². The third kappa shape index (κ3) is 24.7. The van der Waals surface area contributed by atoms with Crippen molar-refractivity contribution in [1.82, 2.24) is 130 Å². The van der Waals surface area contributed by atoms with Crippen molar-refractivity contribution in [1.29, 1.82) is 0 Å². The quantitative estimate of drug-likeness (QED) is 0.0158. The zero-order valence-electron chi connectivity index (χ0n) is 72.5. The van der Waals surface area contributed by atoms with Crippen LogP contribution in [0, 0.1) is 0 Å². The maximum Gasteiger partial charge on any atom is 1.00 e. The number of ether oxygens (including phenoxy) is 4. The number of hydrogen-bond donors (Lipinski definition) is 9. The molecular weight excluding hydrogens is 1850 g/mol. The van der Waals surface area contributed by atoms with Crippen molar-refractivity contribution in [2.75, 3.05) is 47.7 Å². The minimum absolute atomic E-state index is 0. The van der Waals surface area contributed by atoms with Crippen LogP contribution in [0.4, 0.5) is 22.7 Å². The first kappa shape index (κ1) is 99.4. The fourth-order valence-electron chi connectivity index (χ4n) is 14.0. The van der Waals surface area contributed by atoms with Crippen molar-refractivity contribution in [3.63, 3.8) is 0 Å². The molecule has 0 unspecified atom stereocenters. The van der Waals surface area contributed by atoms with Gasteiger partial charge < -0.3 is 61.7 Å². The Hall–Kier alpha value is -10.1. The molecule has 0 bridgehead atoms. The molecule has 0 atom stereocenters. The first-order valence-corrected chi connectivity index (χ1v) is 45.4. The predicted molar refractivity (Wildman–Crippen MR) is 480 cm³/mol. The van der Waals surface area contributed by atoms with Gasteiger partial charge in [-0.15, -0.1) is 65.7 Å². The van der Waals surface area contributed by atoms with E-state index in [1.165, 1.54) is 75.2 Å². The van der Waals surface area contributed by atoms with Crippen LogP contribution in [0.25, 0.3) is 88.2 Å². The minimum Gasteiger partial charge on any atom is -1.00 e. The molecule has 3 aliphatic carbocycles. The summed E-state index contributed by atoms with van der Waals surface area (Å²) in [7, 11) is -4.62. The molecule has 0 radical (unpaired) electrons. The van der Waals surface area contributed by atoms with Gasteiger partial charge in [-0.2, -0.15) is 40.8 Å². The van der Waals surface area contributed by atoms with Gasteiger partial charge in [0, 0.05) is 132 Å². The van der Waals surface area contributed by atoms with E-state index in [1.807, 2.05) is 95.2 Å². The second kappa shape index (κ2) is 46.2. The number of carbonyl (C=O) groups excluding carboxylic acids is 4. The van der Waals surface area contributed by atoms with Crippen molar-refractivity contribution in [3.8, 4) is 88.2 Å². The van der Waals surface area contributed by atoms with Crippen molar-refractivity contribution in [2.45, 2.75) is 149 Å². The number of rotatable bonds is 29. The summed E-state index contributed by atoms with van der Waals surface area (Å²) in [6, 6.07) is 11.9. The van der Waals surface area contributed by atoms with E-state index in [2.05, 4.69) is 122 Å². The number of thiazole rings is 4. The molecule has 4 fully saturated rings. The topological polar surface area (TPSA) is 550 Å². The molecule has 44 nitrogen and oxygen atoms in total. The molecule has 1 aliphatic heterocycles. The molecule has 16 aromatic heterocycles. The molecule has 0 aromatic carbocycles. The first-order chi connectivity index (χ1) is 62.3. The third-order valence-corrected chi connectivity index (χ3v) is 24.5. The Morgan fingerprint density at radius 1 is 0.515 bits per heavy atom. The van der Waals surface area contributed by atoms with Crippen LogP contribution in [0.15, 0.2) is 166 Å². The van der Waals surface area contributed by atoms with Crippen LogP contribution in [0.1, 0.15) is 163 Å². The van der Waals surface area contributed by atoms with Gasteiger partial charge in [-0.05, 0) is 103 Å². The second-order valence-electron chi connectivity index (χ2n) is 29.5. The summed E-state index contributed by atoms with van der Waals surface area (Å²) in [5.74, 6) is -0.907. The zero-order chi connectivity index (χ0) is 88.2. The molecule has 680 valence electrons. The van der Waals surface area contributed by atoms with Crippen LogP contribution in [0.5, 0.6) is 0 Å². The van der Waals surface area contributed by atoms with Gasteiger partial charge in [0.15, 0.2) is 18.1 Å². The van der Waals surface area contributed by atoms with Gasteiger partial charge in [-0.25, -0.2) is 29.2 Å². The average Bonchev–Trinajstić information content (AvgIpc) is 1.64. The van der Waals surface area contributed by atoms with Gasteiger partial charge in [-0.1, -0.05) is 27.0 Å². The van der Waals surface area contributed by atoms with E-state index in [4.69, 9.17) is 47.8 Å². The number of hydrogen-bond acceptors (Lipinski definition) is 34. The van der Waals surface area contributed by atoms with Crippen LogP contribution >= 0.6 is 53.2 Å². The Morgan fingerprint density at radius 2 is 0.886 bits per heavy atom. The van der Waals surface area contributed by atoms with Crippen LogP contribution < -0.4 is 124 Å². The first-order valence-electron chi connectivity index (χ1n) is 40.3. The number of carbonyl (C=O) groups is 4. The summed E-state index contributed by atoms with van der Waals surface area (Å²) in [6.45, 7) is 10.4. The Kier molecular flexibility index (Phi) is 34.8. The number of pyridine rings is 2. The molecule has 4 amide bonds. The van der Waals surface area contributed by atoms with E-state index in [0.29, 0.717) is 121 Å². The van der Waals surface area contributed by atoms with E-state index in [0.717, 1.165) is 73.1 Å². The Balaban J connectivity index is 0.000000170. The van der Waals surface area contributed by atoms with Crippen molar-refractivity contribution in [3.05, 3.63) is 180 Å². The summed E-state index contributed by atoms with van der Waals surface area (Å²) in [4.78, 5) is 95.8. The van der Waals surface area contributed by atoms with Gasteiger partial charge in [0.25, 0.3) is 35.4 Å². The fourth-order valence-corrected chi connectivity index (χ4v) is 17.3. The summed E-state index contributed by atoms with van der Waals surface area (Å²) in [5, 5.41) is 79.0. The van der Waals surface area contributed by atoms with Gasteiger partial charge >= 0.3 is 111 Å². The Morgan fingerprint density at radius 3 is 1.23 bits per heavy atom. The Bertz CT molecular complexity index is 6410.